The number of halogens is 3. The van der Waals surface area contributed by atoms with Gasteiger partial charge in [0.25, 0.3) is 11.3 Å². The summed E-state index contributed by atoms with van der Waals surface area (Å²) in [5.74, 6) is -8.21. The molecule has 2 unspecified atom stereocenters. The summed E-state index contributed by atoms with van der Waals surface area (Å²) in [6.45, 7) is 1.87. The molecule has 1 heterocycles. The summed E-state index contributed by atoms with van der Waals surface area (Å²) >= 11 is 0. The zero-order chi connectivity index (χ0) is 29.6. The molecule has 40 heavy (non-hydrogen) atoms. The van der Waals surface area contributed by atoms with Gasteiger partial charge < -0.3 is 15.7 Å². The van der Waals surface area contributed by atoms with Crippen LogP contribution in [0.5, 0.6) is 0 Å². The topological polar surface area (TPSA) is 135 Å². The quantitative estimate of drug-likeness (QED) is 0.326. The molecule has 3 rings (SSSR count). The third-order valence-electron chi connectivity index (χ3n) is 5.99. The van der Waals surface area contributed by atoms with Gasteiger partial charge in [0.2, 0.25) is 11.8 Å². The number of nitrogens with one attached hydrogen (secondary N) is 2. The van der Waals surface area contributed by atoms with Crippen molar-refractivity contribution in [2.45, 2.75) is 38.5 Å². The molecule has 0 aliphatic heterocycles. The molecular formula is C28H26F3N3O6. The van der Waals surface area contributed by atoms with Crippen LogP contribution in [0.2, 0.25) is 0 Å². The lowest BCUT2D eigenvalue weighted by Gasteiger charge is -2.23. The number of aliphatic carboxylic acids is 1. The second kappa shape index (κ2) is 12.4. The summed E-state index contributed by atoms with van der Waals surface area (Å²) < 4.78 is 40.1. The molecule has 1 aromatic heterocycles. The molecule has 0 aliphatic rings. The molecule has 0 bridgehead atoms. The van der Waals surface area contributed by atoms with Crippen LogP contribution in [0.25, 0.3) is 11.3 Å². The van der Waals surface area contributed by atoms with Crippen molar-refractivity contribution in [2.24, 2.45) is 5.92 Å². The first-order chi connectivity index (χ1) is 18.8. The summed E-state index contributed by atoms with van der Waals surface area (Å²) in [5.41, 5.74) is -0.427. The SMILES string of the molecule is CC(C)C(NC(=O)Cn1c(-c2ccccc2)ccc(NC(=O)C(C(=O)O)c2ccccc2)c1=O)C(=O)C(F)(F)F. The number of amides is 2. The fraction of sp³-hybridized carbons (Fsp3) is 0.250. The number of carboxylic acid groups (broad SMARTS) is 1. The number of carboxylic acids is 1. The molecule has 0 spiro atoms. The van der Waals surface area contributed by atoms with E-state index in [1.165, 1.54) is 38.1 Å². The summed E-state index contributed by atoms with van der Waals surface area (Å²) in [5, 5.41) is 14.0. The van der Waals surface area contributed by atoms with Crippen LogP contribution in [0.1, 0.15) is 25.3 Å². The van der Waals surface area contributed by atoms with Crippen molar-refractivity contribution in [1.82, 2.24) is 9.88 Å². The number of anilines is 1. The molecule has 2 amide bonds. The van der Waals surface area contributed by atoms with Crippen molar-refractivity contribution in [3.8, 4) is 11.3 Å². The maximum Gasteiger partial charge on any atom is 0.452 e. The minimum Gasteiger partial charge on any atom is -0.480 e. The third-order valence-corrected chi connectivity index (χ3v) is 5.99. The van der Waals surface area contributed by atoms with Gasteiger partial charge in [0, 0.05) is 0 Å². The number of aromatic nitrogens is 1. The normalized spacial score (nSPS) is 12.8. The van der Waals surface area contributed by atoms with Gasteiger partial charge in [-0.25, -0.2) is 0 Å². The Hall–Kier alpha value is -4.74. The molecule has 12 heteroatoms. The Balaban J connectivity index is 1.99. The number of benzene rings is 2. The van der Waals surface area contributed by atoms with E-state index >= 15 is 0 Å². The Morgan fingerprint density at radius 3 is 2.00 bits per heavy atom. The molecule has 0 radical (unpaired) electrons. The number of hydrogen-bond donors (Lipinski definition) is 3. The average molecular weight is 558 g/mol. The van der Waals surface area contributed by atoms with E-state index in [9.17, 15) is 42.3 Å². The van der Waals surface area contributed by atoms with Crippen molar-refractivity contribution < 1.29 is 37.5 Å². The van der Waals surface area contributed by atoms with Gasteiger partial charge in [0.15, 0.2) is 5.92 Å². The summed E-state index contributed by atoms with van der Waals surface area (Å²) in [6, 6.07) is 16.7. The zero-order valence-corrected chi connectivity index (χ0v) is 21.4. The third kappa shape index (κ3) is 7.01. The lowest BCUT2D eigenvalue weighted by molar-refractivity contribution is -0.174. The maximum absolute atomic E-state index is 13.4. The van der Waals surface area contributed by atoms with Crippen LogP contribution in [0.3, 0.4) is 0 Å². The van der Waals surface area contributed by atoms with Crippen molar-refractivity contribution in [1.29, 1.82) is 0 Å². The summed E-state index contributed by atoms with van der Waals surface area (Å²) in [6.07, 6.45) is -5.18. The van der Waals surface area contributed by atoms with Crippen molar-refractivity contribution in [3.63, 3.8) is 0 Å². The van der Waals surface area contributed by atoms with Crippen LogP contribution in [0.4, 0.5) is 18.9 Å². The first-order valence-corrected chi connectivity index (χ1v) is 12.1. The van der Waals surface area contributed by atoms with Gasteiger partial charge in [0.1, 0.15) is 12.2 Å². The van der Waals surface area contributed by atoms with E-state index in [1.807, 2.05) is 0 Å². The van der Waals surface area contributed by atoms with Gasteiger partial charge in [-0.2, -0.15) is 13.2 Å². The Kier molecular flexibility index (Phi) is 9.25. The van der Waals surface area contributed by atoms with Gasteiger partial charge in [-0.15, -0.1) is 0 Å². The molecular weight excluding hydrogens is 531 g/mol. The number of carbonyl (C=O) groups is 4. The molecule has 0 saturated heterocycles. The van der Waals surface area contributed by atoms with Gasteiger partial charge >= 0.3 is 12.1 Å². The molecule has 0 saturated carbocycles. The molecule has 0 fully saturated rings. The summed E-state index contributed by atoms with van der Waals surface area (Å²) in [4.78, 5) is 62.9. The highest BCUT2D eigenvalue weighted by atomic mass is 19.4. The fourth-order valence-corrected chi connectivity index (χ4v) is 4.02. The maximum atomic E-state index is 13.4. The number of pyridine rings is 1. The first-order valence-electron chi connectivity index (χ1n) is 12.1. The van der Waals surface area contributed by atoms with Crippen LogP contribution in [0, 0.1) is 5.92 Å². The van der Waals surface area contributed by atoms with E-state index in [4.69, 9.17) is 0 Å². The van der Waals surface area contributed by atoms with Crippen LogP contribution in [-0.2, 0) is 25.7 Å². The molecule has 2 aromatic carbocycles. The Morgan fingerprint density at radius 1 is 0.900 bits per heavy atom. The van der Waals surface area contributed by atoms with E-state index in [2.05, 4.69) is 10.6 Å². The number of carbonyl (C=O) groups excluding carboxylic acids is 3. The second-order valence-electron chi connectivity index (χ2n) is 9.21. The van der Waals surface area contributed by atoms with Gasteiger partial charge in [-0.1, -0.05) is 74.5 Å². The minimum atomic E-state index is -5.18. The predicted octanol–water partition coefficient (Wildman–Crippen LogP) is 3.59. The van der Waals surface area contributed by atoms with E-state index in [-0.39, 0.29) is 16.9 Å². The Labute approximate surface area is 226 Å². The zero-order valence-electron chi connectivity index (χ0n) is 21.4. The van der Waals surface area contributed by atoms with Crippen LogP contribution >= 0.6 is 0 Å². The minimum absolute atomic E-state index is 0.169. The van der Waals surface area contributed by atoms with E-state index in [1.54, 1.807) is 48.5 Å². The smallest absolute Gasteiger partial charge is 0.452 e. The van der Waals surface area contributed by atoms with Crippen molar-refractivity contribution in [3.05, 3.63) is 88.7 Å². The molecule has 3 N–H and O–H groups in total. The standard InChI is InChI=1S/C28H26F3N3O6/c1-16(2)23(24(36)28(29,30)31)33-21(35)15-34-20(17-9-5-3-6-10-17)14-13-19(26(34)38)32-25(37)22(27(39)40)18-11-7-4-8-12-18/h3-14,16,22-23H,15H2,1-2H3,(H,32,37)(H,33,35)(H,39,40). The lowest BCUT2D eigenvalue weighted by Crippen LogP contribution is -2.50. The molecule has 9 nitrogen and oxygen atoms in total. The average Bonchev–Trinajstić information content (AvgIpc) is 2.89. The largest absolute Gasteiger partial charge is 0.480 e. The second-order valence-corrected chi connectivity index (χ2v) is 9.21. The predicted molar refractivity (Wildman–Crippen MR) is 139 cm³/mol. The highest BCUT2D eigenvalue weighted by Crippen LogP contribution is 2.23. The fourth-order valence-electron chi connectivity index (χ4n) is 4.02. The summed E-state index contributed by atoms with van der Waals surface area (Å²) in [7, 11) is 0. The molecule has 2 atom stereocenters. The number of hydrogen-bond acceptors (Lipinski definition) is 5. The van der Waals surface area contributed by atoms with Gasteiger partial charge in [-0.3, -0.25) is 28.5 Å². The number of alkyl halides is 3. The van der Waals surface area contributed by atoms with E-state index in [0.717, 1.165) is 4.57 Å². The number of rotatable bonds is 10. The number of ketones is 1. The highest BCUT2D eigenvalue weighted by Gasteiger charge is 2.45. The van der Waals surface area contributed by atoms with Crippen LogP contribution in [0.15, 0.2) is 77.6 Å². The van der Waals surface area contributed by atoms with Gasteiger partial charge in [-0.05, 0) is 29.2 Å². The Morgan fingerprint density at radius 2 is 1.48 bits per heavy atom. The van der Waals surface area contributed by atoms with Crippen molar-refractivity contribution >= 4 is 29.3 Å². The van der Waals surface area contributed by atoms with E-state index in [0.29, 0.717) is 5.56 Å². The highest BCUT2D eigenvalue weighted by molar-refractivity contribution is 6.08. The molecule has 3 aromatic rings. The monoisotopic (exact) mass is 557 g/mol. The van der Waals surface area contributed by atoms with Crippen LogP contribution < -0.4 is 16.2 Å². The number of nitrogens with zero attached hydrogens (tertiary/aromatic N) is 1. The first kappa shape index (κ1) is 29.8. The molecule has 0 aliphatic carbocycles. The Bertz CT molecular complexity index is 1450. The number of Topliss-reactive ketones (excluding diaryl/α,β-unsaturated/α-hetero) is 1. The lowest BCUT2D eigenvalue weighted by atomic mass is 9.98. The van der Waals surface area contributed by atoms with Gasteiger partial charge in [0.05, 0.1) is 11.7 Å². The van der Waals surface area contributed by atoms with Crippen LogP contribution in [-0.4, -0.2) is 45.5 Å². The van der Waals surface area contributed by atoms with Crippen molar-refractivity contribution in [2.75, 3.05) is 5.32 Å². The van der Waals surface area contributed by atoms with E-state index < -0.39 is 59.7 Å². The molecule has 210 valence electrons.